The molecule has 0 aromatic rings. The van der Waals surface area contributed by atoms with Gasteiger partial charge in [0.25, 0.3) is 0 Å². The number of nitrogens with one attached hydrogen (secondary N) is 2. The van der Waals surface area contributed by atoms with Gasteiger partial charge in [-0.1, -0.05) is 13.8 Å². The van der Waals surface area contributed by atoms with Gasteiger partial charge in [-0.05, 0) is 32.2 Å². The van der Waals surface area contributed by atoms with Crippen molar-refractivity contribution >= 4 is 17.6 Å². The summed E-state index contributed by atoms with van der Waals surface area (Å²) in [4.78, 5) is 34.7. The van der Waals surface area contributed by atoms with E-state index in [-0.39, 0.29) is 30.1 Å². The molecule has 0 saturated carbocycles. The van der Waals surface area contributed by atoms with Gasteiger partial charge in [0.05, 0.1) is 6.54 Å². The highest BCUT2D eigenvalue weighted by molar-refractivity contribution is 5.91. The Balaban J connectivity index is 4.31. The van der Waals surface area contributed by atoms with Crippen molar-refractivity contribution in [3.63, 3.8) is 0 Å². The minimum absolute atomic E-state index is 0.00406. The number of amides is 2. The van der Waals surface area contributed by atoms with Crippen molar-refractivity contribution in [2.24, 2.45) is 11.7 Å². The molecule has 0 aliphatic carbocycles. The third kappa shape index (κ3) is 7.89. The largest absolute Gasteiger partial charge is 0.347 e. The van der Waals surface area contributed by atoms with Crippen molar-refractivity contribution in [3.05, 3.63) is 0 Å². The predicted octanol–water partition coefficient (Wildman–Crippen LogP) is 0.352. The van der Waals surface area contributed by atoms with Gasteiger partial charge in [-0.25, -0.2) is 0 Å². The summed E-state index contributed by atoms with van der Waals surface area (Å²) in [6, 6.07) is -0.594. The zero-order valence-corrected chi connectivity index (χ0v) is 12.7. The quantitative estimate of drug-likeness (QED) is 0.504. The van der Waals surface area contributed by atoms with Crippen molar-refractivity contribution in [1.29, 1.82) is 0 Å². The molecule has 0 spiro atoms. The van der Waals surface area contributed by atoms with Gasteiger partial charge in [-0.3, -0.25) is 14.4 Å². The Hall–Kier alpha value is -1.43. The molecule has 20 heavy (non-hydrogen) atoms. The van der Waals surface area contributed by atoms with Crippen LogP contribution >= 0.6 is 0 Å². The number of nitrogens with two attached hydrogens (primary N) is 1. The van der Waals surface area contributed by atoms with E-state index in [9.17, 15) is 14.4 Å². The second-order valence-electron chi connectivity index (χ2n) is 5.03. The number of carbonyl (C=O) groups is 3. The van der Waals surface area contributed by atoms with E-state index < -0.39 is 6.04 Å². The van der Waals surface area contributed by atoms with Crippen LogP contribution in [0.5, 0.6) is 0 Å². The molecule has 2 atom stereocenters. The average molecular weight is 285 g/mol. The monoisotopic (exact) mass is 285 g/mol. The van der Waals surface area contributed by atoms with Gasteiger partial charge in [0.2, 0.25) is 11.8 Å². The summed E-state index contributed by atoms with van der Waals surface area (Å²) in [5.74, 6) is -0.629. The molecule has 0 aliphatic heterocycles. The van der Waals surface area contributed by atoms with Crippen LogP contribution in [0.2, 0.25) is 0 Å². The van der Waals surface area contributed by atoms with Crippen molar-refractivity contribution in [1.82, 2.24) is 10.6 Å². The van der Waals surface area contributed by atoms with E-state index in [1.54, 1.807) is 0 Å². The number of hydrogen-bond acceptors (Lipinski definition) is 4. The van der Waals surface area contributed by atoms with Gasteiger partial charge in [-0.2, -0.15) is 0 Å². The molecule has 116 valence electrons. The molecular formula is C14H27N3O3. The number of Topliss-reactive ketones (excluding diaryl/α,β-unsaturated/α-hetero) is 1. The van der Waals surface area contributed by atoms with Crippen LogP contribution in [0.25, 0.3) is 0 Å². The summed E-state index contributed by atoms with van der Waals surface area (Å²) < 4.78 is 0. The molecule has 6 nitrogen and oxygen atoms in total. The smallest absolute Gasteiger partial charge is 0.242 e. The van der Waals surface area contributed by atoms with Crippen LogP contribution in [0.15, 0.2) is 0 Å². The molecule has 0 fully saturated rings. The number of rotatable bonds is 10. The highest BCUT2D eigenvalue weighted by Crippen LogP contribution is 2.03. The Morgan fingerprint density at radius 2 is 1.85 bits per heavy atom. The lowest BCUT2D eigenvalue weighted by molar-refractivity contribution is -0.130. The Labute approximate surface area is 120 Å². The highest BCUT2D eigenvalue weighted by Gasteiger charge is 2.20. The molecule has 0 rings (SSSR count). The van der Waals surface area contributed by atoms with Crippen LogP contribution in [-0.4, -0.2) is 36.7 Å². The predicted molar refractivity (Wildman–Crippen MR) is 78.0 cm³/mol. The summed E-state index contributed by atoms with van der Waals surface area (Å²) >= 11 is 0. The van der Waals surface area contributed by atoms with Gasteiger partial charge in [-0.15, -0.1) is 0 Å². The van der Waals surface area contributed by atoms with Crippen LogP contribution < -0.4 is 16.4 Å². The molecule has 0 aliphatic rings. The van der Waals surface area contributed by atoms with Crippen molar-refractivity contribution in [3.8, 4) is 0 Å². The van der Waals surface area contributed by atoms with Gasteiger partial charge in [0.15, 0.2) is 5.78 Å². The lowest BCUT2D eigenvalue weighted by Gasteiger charge is -2.18. The average Bonchev–Trinajstić information content (AvgIpc) is 2.42. The molecule has 6 heteroatoms. The van der Waals surface area contributed by atoms with E-state index in [0.717, 1.165) is 19.3 Å². The van der Waals surface area contributed by atoms with E-state index >= 15 is 0 Å². The van der Waals surface area contributed by atoms with E-state index in [2.05, 4.69) is 10.6 Å². The van der Waals surface area contributed by atoms with Crippen molar-refractivity contribution < 1.29 is 14.4 Å². The molecule has 0 saturated heterocycles. The van der Waals surface area contributed by atoms with Crippen LogP contribution in [0.4, 0.5) is 0 Å². The zero-order valence-electron chi connectivity index (χ0n) is 12.7. The SMILES string of the molecule is CCC(C)C(=O)CNC(=O)[C@H](CCCCN)NC(C)=O. The minimum atomic E-state index is -0.594. The zero-order chi connectivity index (χ0) is 15.5. The lowest BCUT2D eigenvalue weighted by Crippen LogP contribution is -2.47. The first kappa shape index (κ1) is 18.6. The Morgan fingerprint density at radius 3 is 2.35 bits per heavy atom. The van der Waals surface area contributed by atoms with Crippen molar-refractivity contribution in [2.45, 2.75) is 52.5 Å². The number of unbranched alkanes of at least 4 members (excludes halogenated alkanes) is 1. The summed E-state index contributed by atoms with van der Waals surface area (Å²) in [6.45, 7) is 5.70. The van der Waals surface area contributed by atoms with Crippen LogP contribution in [0.1, 0.15) is 46.5 Å². The second-order valence-corrected chi connectivity index (χ2v) is 5.03. The van der Waals surface area contributed by atoms with Gasteiger partial charge in [0, 0.05) is 12.8 Å². The molecule has 0 heterocycles. The molecule has 4 N–H and O–H groups in total. The molecule has 1 unspecified atom stereocenters. The molecular weight excluding hydrogens is 258 g/mol. The lowest BCUT2D eigenvalue weighted by atomic mass is 10.0. The summed E-state index contributed by atoms with van der Waals surface area (Å²) in [5, 5.41) is 5.20. The molecule has 2 amide bonds. The maximum Gasteiger partial charge on any atom is 0.242 e. The fourth-order valence-corrected chi connectivity index (χ4v) is 1.71. The number of hydrogen-bond donors (Lipinski definition) is 3. The van der Waals surface area contributed by atoms with Crippen LogP contribution in [-0.2, 0) is 14.4 Å². The van der Waals surface area contributed by atoms with Gasteiger partial charge < -0.3 is 16.4 Å². The maximum absolute atomic E-state index is 12.0. The Bertz CT molecular complexity index is 332. The first-order chi connectivity index (χ1) is 9.42. The fraction of sp³-hybridized carbons (Fsp3) is 0.786. The fourth-order valence-electron chi connectivity index (χ4n) is 1.71. The van der Waals surface area contributed by atoms with E-state index in [1.165, 1.54) is 6.92 Å². The normalized spacial score (nSPS) is 13.4. The summed E-state index contributed by atoms with van der Waals surface area (Å²) in [7, 11) is 0. The minimum Gasteiger partial charge on any atom is -0.347 e. The maximum atomic E-state index is 12.0. The molecule has 0 radical (unpaired) electrons. The summed E-state index contributed by atoms with van der Waals surface area (Å²) in [6.07, 6.45) is 2.84. The topological polar surface area (TPSA) is 101 Å². The van der Waals surface area contributed by atoms with Crippen LogP contribution in [0, 0.1) is 5.92 Å². The Kier molecular flexibility index (Phi) is 9.63. The first-order valence-corrected chi connectivity index (χ1v) is 7.19. The van der Waals surface area contributed by atoms with Gasteiger partial charge in [0.1, 0.15) is 6.04 Å². The Morgan fingerprint density at radius 1 is 1.20 bits per heavy atom. The van der Waals surface area contributed by atoms with E-state index in [4.69, 9.17) is 5.73 Å². The second kappa shape index (κ2) is 10.4. The number of ketones is 1. The first-order valence-electron chi connectivity index (χ1n) is 7.19. The van der Waals surface area contributed by atoms with Crippen LogP contribution in [0.3, 0.4) is 0 Å². The van der Waals surface area contributed by atoms with Gasteiger partial charge >= 0.3 is 0 Å². The van der Waals surface area contributed by atoms with E-state index in [0.29, 0.717) is 13.0 Å². The summed E-state index contributed by atoms with van der Waals surface area (Å²) in [5.41, 5.74) is 5.41. The molecule has 0 bridgehead atoms. The van der Waals surface area contributed by atoms with Crippen molar-refractivity contribution in [2.75, 3.05) is 13.1 Å². The third-order valence-corrected chi connectivity index (χ3v) is 3.24. The molecule has 0 aromatic heterocycles. The highest BCUT2D eigenvalue weighted by atomic mass is 16.2. The number of carbonyl (C=O) groups excluding carboxylic acids is 3. The standard InChI is InChI=1S/C14H27N3O3/c1-4-10(2)13(19)9-16-14(20)12(17-11(3)18)7-5-6-8-15/h10,12H,4-9,15H2,1-3H3,(H,16,20)(H,17,18)/t10?,12-/m0/s1. The third-order valence-electron chi connectivity index (χ3n) is 3.24. The molecule has 0 aromatic carbocycles. The van der Waals surface area contributed by atoms with E-state index in [1.807, 2.05) is 13.8 Å².